The Morgan fingerprint density at radius 3 is 2.16 bits per heavy atom. The average molecular weight is 527 g/mol. The number of amides is 4. The second-order valence-electron chi connectivity index (χ2n) is 10.8. The Kier molecular flexibility index (Phi) is 9.67. The Hall–Kier alpha value is -2.98. The Morgan fingerprint density at radius 2 is 1.54 bits per heavy atom. The largest absolute Gasteiger partial charge is 0.444 e. The van der Waals surface area contributed by atoms with E-state index in [2.05, 4.69) is 10.6 Å². The van der Waals surface area contributed by atoms with Crippen LogP contribution in [-0.2, 0) is 16.0 Å². The maximum atomic E-state index is 14.3. The summed E-state index contributed by atoms with van der Waals surface area (Å²) in [7, 11) is 0. The van der Waals surface area contributed by atoms with Crippen LogP contribution in [0.3, 0.4) is 0 Å². The molecule has 206 valence electrons. The molecule has 1 saturated heterocycles. The lowest BCUT2D eigenvalue weighted by molar-refractivity contribution is -0.133. The normalized spacial score (nSPS) is 17.8. The number of hydrogen-bond donors (Lipinski definition) is 2. The second kappa shape index (κ2) is 12.5. The van der Waals surface area contributed by atoms with Crippen LogP contribution in [0.5, 0.6) is 0 Å². The van der Waals surface area contributed by atoms with Crippen LogP contribution in [0.4, 0.5) is 22.8 Å². The van der Waals surface area contributed by atoms with Gasteiger partial charge >= 0.3 is 12.1 Å². The summed E-state index contributed by atoms with van der Waals surface area (Å²) in [4.78, 5) is 41.3. The van der Waals surface area contributed by atoms with E-state index in [0.29, 0.717) is 32.2 Å². The number of nitrogens with one attached hydrogen (secondary N) is 2. The summed E-state index contributed by atoms with van der Waals surface area (Å²) in [6.45, 7) is 6.38. The number of alkyl carbamates (subject to hydrolysis) is 1. The fraction of sp³-hybridized carbons (Fsp3) is 0.654. The quantitative estimate of drug-likeness (QED) is 0.546. The van der Waals surface area contributed by atoms with E-state index in [1.54, 1.807) is 30.6 Å². The van der Waals surface area contributed by atoms with Crippen molar-refractivity contribution in [1.29, 1.82) is 0 Å². The van der Waals surface area contributed by atoms with E-state index < -0.39 is 35.2 Å². The minimum absolute atomic E-state index is 0.128. The molecule has 3 rings (SSSR count). The minimum Gasteiger partial charge on any atom is -0.444 e. The van der Waals surface area contributed by atoms with Crippen molar-refractivity contribution in [2.24, 2.45) is 0 Å². The highest BCUT2D eigenvalue weighted by atomic mass is 19.2. The maximum Gasteiger partial charge on any atom is 0.407 e. The summed E-state index contributed by atoms with van der Waals surface area (Å²) in [5, 5.41) is 5.64. The fourth-order valence-corrected chi connectivity index (χ4v) is 4.65. The van der Waals surface area contributed by atoms with Crippen LogP contribution in [0.15, 0.2) is 12.1 Å². The van der Waals surface area contributed by atoms with Gasteiger partial charge in [0.2, 0.25) is 5.91 Å². The third kappa shape index (κ3) is 8.82. The maximum absolute atomic E-state index is 14.3. The van der Waals surface area contributed by atoms with Gasteiger partial charge in [0.1, 0.15) is 11.4 Å². The summed E-state index contributed by atoms with van der Waals surface area (Å²) in [5.74, 6) is -3.82. The lowest BCUT2D eigenvalue weighted by Gasteiger charge is -2.36. The van der Waals surface area contributed by atoms with Gasteiger partial charge < -0.3 is 25.2 Å². The van der Waals surface area contributed by atoms with Crippen LogP contribution in [-0.4, -0.2) is 71.7 Å². The number of benzene rings is 1. The molecule has 8 nitrogen and oxygen atoms in total. The van der Waals surface area contributed by atoms with Gasteiger partial charge in [-0.25, -0.2) is 22.8 Å². The smallest absolute Gasteiger partial charge is 0.407 e. The fourth-order valence-electron chi connectivity index (χ4n) is 4.65. The Morgan fingerprint density at radius 1 is 0.946 bits per heavy atom. The summed E-state index contributed by atoms with van der Waals surface area (Å²) in [6.07, 6.45) is 4.13. The van der Waals surface area contributed by atoms with Crippen molar-refractivity contribution in [2.75, 3.05) is 26.2 Å². The molecular formula is C26H37F3N4O4. The molecule has 0 aromatic heterocycles. The predicted molar refractivity (Wildman–Crippen MR) is 131 cm³/mol. The van der Waals surface area contributed by atoms with E-state index in [4.69, 9.17) is 4.74 Å². The molecule has 1 heterocycles. The number of carbonyl (C=O) groups excluding carboxylic acids is 3. The van der Waals surface area contributed by atoms with Gasteiger partial charge in [-0.1, -0.05) is 19.3 Å². The van der Waals surface area contributed by atoms with Gasteiger partial charge in [-0.2, -0.15) is 0 Å². The average Bonchev–Trinajstić information content (AvgIpc) is 2.82. The molecule has 2 aliphatic rings. The second-order valence-corrected chi connectivity index (χ2v) is 10.8. The molecule has 1 atom stereocenters. The molecule has 2 fully saturated rings. The van der Waals surface area contributed by atoms with E-state index in [9.17, 15) is 27.6 Å². The summed E-state index contributed by atoms with van der Waals surface area (Å²) in [5.41, 5.74) is -0.975. The first-order valence-electron chi connectivity index (χ1n) is 12.9. The van der Waals surface area contributed by atoms with E-state index in [0.717, 1.165) is 31.7 Å². The molecule has 0 radical (unpaired) electrons. The first-order chi connectivity index (χ1) is 17.4. The zero-order valence-electron chi connectivity index (χ0n) is 21.7. The zero-order chi connectivity index (χ0) is 27.2. The topological polar surface area (TPSA) is 91.0 Å². The number of urea groups is 1. The van der Waals surface area contributed by atoms with Crippen molar-refractivity contribution in [1.82, 2.24) is 20.4 Å². The summed E-state index contributed by atoms with van der Waals surface area (Å²) in [6, 6.07) is 0.306. The molecule has 1 aromatic carbocycles. The van der Waals surface area contributed by atoms with E-state index in [1.807, 2.05) is 0 Å². The van der Waals surface area contributed by atoms with Gasteiger partial charge in [0, 0.05) is 50.7 Å². The van der Waals surface area contributed by atoms with Crippen molar-refractivity contribution in [3.8, 4) is 0 Å². The van der Waals surface area contributed by atoms with E-state index in [1.165, 1.54) is 6.42 Å². The first kappa shape index (κ1) is 28.6. The number of ether oxygens (including phenoxy) is 1. The Bertz CT molecular complexity index is 971. The SMILES string of the molecule is CC(C)(C)OC(=O)N[C@@H](CC(=O)N1CCN(C(=O)NC2CCCCC2)CC1)Cc1cc(F)c(F)cc1F. The third-order valence-corrected chi connectivity index (χ3v) is 6.55. The van der Waals surface area contributed by atoms with Crippen LogP contribution >= 0.6 is 0 Å². The third-order valence-electron chi connectivity index (χ3n) is 6.55. The number of rotatable bonds is 6. The lowest BCUT2D eigenvalue weighted by atomic mass is 9.96. The van der Waals surface area contributed by atoms with Crippen molar-refractivity contribution in [3.63, 3.8) is 0 Å². The highest BCUT2D eigenvalue weighted by Crippen LogP contribution is 2.19. The number of hydrogen-bond acceptors (Lipinski definition) is 4. The van der Waals surface area contributed by atoms with Crippen molar-refractivity contribution < 1.29 is 32.3 Å². The van der Waals surface area contributed by atoms with Gasteiger partial charge in [0.05, 0.1) is 0 Å². The van der Waals surface area contributed by atoms with Crippen LogP contribution in [0, 0.1) is 17.5 Å². The standard InChI is InChI=1S/C26H37F3N4O4/c1-26(2,3)37-25(36)31-19(13-17-14-21(28)22(29)16-20(17)27)15-23(34)32-9-11-33(12-10-32)24(35)30-18-7-5-4-6-8-18/h14,16,18-19H,4-13,15H2,1-3H3,(H,30,35)(H,31,36)/t19-/m1/s1. The molecule has 0 bridgehead atoms. The lowest BCUT2D eigenvalue weighted by Crippen LogP contribution is -2.55. The van der Waals surface area contributed by atoms with Gasteiger partial charge in [-0.15, -0.1) is 0 Å². The van der Waals surface area contributed by atoms with E-state index >= 15 is 0 Å². The van der Waals surface area contributed by atoms with Crippen LogP contribution in [0.2, 0.25) is 0 Å². The zero-order valence-corrected chi connectivity index (χ0v) is 21.7. The monoisotopic (exact) mass is 526 g/mol. The molecule has 1 aliphatic heterocycles. The van der Waals surface area contributed by atoms with Crippen molar-refractivity contribution in [2.45, 2.75) is 83.4 Å². The Labute approximate surface area is 215 Å². The number of nitrogens with zero attached hydrogens (tertiary/aromatic N) is 2. The van der Waals surface area contributed by atoms with Crippen LogP contribution in [0.1, 0.15) is 64.9 Å². The van der Waals surface area contributed by atoms with Gasteiger partial charge in [0.25, 0.3) is 0 Å². The molecular weight excluding hydrogens is 489 g/mol. The summed E-state index contributed by atoms with van der Waals surface area (Å²) >= 11 is 0. The Balaban J connectivity index is 1.59. The molecule has 4 amide bonds. The molecule has 37 heavy (non-hydrogen) atoms. The highest BCUT2D eigenvalue weighted by Gasteiger charge is 2.29. The van der Waals surface area contributed by atoms with Crippen LogP contribution in [0.25, 0.3) is 0 Å². The molecule has 0 spiro atoms. The predicted octanol–water partition coefficient (Wildman–Crippen LogP) is 4.12. The molecule has 11 heteroatoms. The molecule has 0 unspecified atom stereocenters. The molecule has 1 aromatic rings. The van der Waals surface area contributed by atoms with Crippen LogP contribution < -0.4 is 10.6 Å². The van der Waals surface area contributed by atoms with Gasteiger partial charge in [-0.05, 0) is 51.7 Å². The molecule has 2 N–H and O–H groups in total. The van der Waals surface area contributed by atoms with E-state index in [-0.39, 0.29) is 36.4 Å². The molecule has 1 aliphatic carbocycles. The number of halogens is 3. The molecule has 1 saturated carbocycles. The number of piperazine rings is 1. The number of carbonyl (C=O) groups is 3. The van der Waals surface area contributed by atoms with Gasteiger partial charge in [-0.3, -0.25) is 4.79 Å². The van der Waals surface area contributed by atoms with Gasteiger partial charge in [0.15, 0.2) is 11.6 Å². The van der Waals surface area contributed by atoms with Crippen molar-refractivity contribution in [3.05, 3.63) is 35.1 Å². The minimum atomic E-state index is -1.32. The highest BCUT2D eigenvalue weighted by molar-refractivity contribution is 5.79. The van der Waals surface area contributed by atoms with Crippen molar-refractivity contribution >= 4 is 18.0 Å². The first-order valence-corrected chi connectivity index (χ1v) is 12.9. The summed E-state index contributed by atoms with van der Waals surface area (Å²) < 4.78 is 46.6.